The summed E-state index contributed by atoms with van der Waals surface area (Å²) in [5, 5.41) is 0. The molecule has 2 atom stereocenters. The number of ether oxygens (including phenoxy) is 1. The van der Waals surface area contributed by atoms with Crippen molar-refractivity contribution in [1.82, 2.24) is 0 Å². The molecular formula is C9H18O. The smallest absolute Gasteiger partial charge is 0.0578 e. The van der Waals surface area contributed by atoms with Gasteiger partial charge in [-0.3, -0.25) is 0 Å². The molecule has 0 spiro atoms. The van der Waals surface area contributed by atoms with Crippen molar-refractivity contribution < 1.29 is 4.74 Å². The van der Waals surface area contributed by atoms with E-state index in [1.807, 2.05) is 0 Å². The average Bonchev–Trinajstić information content (AvgIpc) is 2.31. The third-order valence-corrected chi connectivity index (χ3v) is 2.16. The molecule has 60 valence electrons. The highest BCUT2D eigenvalue weighted by atomic mass is 16.5. The van der Waals surface area contributed by atoms with Crippen LogP contribution in [-0.4, -0.2) is 12.7 Å². The van der Waals surface area contributed by atoms with E-state index in [0.29, 0.717) is 6.10 Å². The van der Waals surface area contributed by atoms with E-state index in [1.54, 1.807) is 0 Å². The summed E-state index contributed by atoms with van der Waals surface area (Å²) in [7, 11) is 0. The predicted octanol–water partition coefficient (Wildman–Crippen LogP) is 2.60. The van der Waals surface area contributed by atoms with Crippen molar-refractivity contribution in [2.24, 2.45) is 5.92 Å². The standard InChI is InChI=1S/C9H18O/c1-3-4-5-9-6-8(2)7-10-9/h8-9H,3-7H2,1-2H3/t8-,9-/m1/s1. The van der Waals surface area contributed by atoms with Gasteiger partial charge >= 0.3 is 0 Å². The summed E-state index contributed by atoms with van der Waals surface area (Å²) in [5.74, 6) is 0.807. The van der Waals surface area contributed by atoms with E-state index >= 15 is 0 Å². The van der Waals surface area contributed by atoms with Crippen molar-refractivity contribution in [2.45, 2.75) is 45.6 Å². The van der Waals surface area contributed by atoms with Crippen LogP contribution in [0.1, 0.15) is 39.5 Å². The molecule has 10 heavy (non-hydrogen) atoms. The maximum absolute atomic E-state index is 5.57. The monoisotopic (exact) mass is 142 g/mol. The summed E-state index contributed by atoms with van der Waals surface area (Å²) in [4.78, 5) is 0. The van der Waals surface area contributed by atoms with Crippen LogP contribution in [0.15, 0.2) is 0 Å². The van der Waals surface area contributed by atoms with Gasteiger partial charge in [0.1, 0.15) is 0 Å². The third kappa shape index (κ3) is 2.30. The average molecular weight is 142 g/mol. The Hall–Kier alpha value is -0.0400. The van der Waals surface area contributed by atoms with Gasteiger partial charge in [0.2, 0.25) is 0 Å². The zero-order valence-corrected chi connectivity index (χ0v) is 7.10. The highest BCUT2D eigenvalue weighted by Gasteiger charge is 2.20. The number of hydrogen-bond donors (Lipinski definition) is 0. The zero-order valence-electron chi connectivity index (χ0n) is 7.10. The molecule has 0 aromatic carbocycles. The van der Waals surface area contributed by atoms with Gasteiger partial charge < -0.3 is 4.74 Å². The minimum Gasteiger partial charge on any atom is -0.378 e. The van der Waals surface area contributed by atoms with Crippen molar-refractivity contribution >= 4 is 0 Å². The summed E-state index contributed by atoms with van der Waals surface area (Å²) < 4.78 is 5.57. The van der Waals surface area contributed by atoms with Crippen molar-refractivity contribution in [1.29, 1.82) is 0 Å². The summed E-state index contributed by atoms with van der Waals surface area (Å²) in [6.45, 7) is 5.50. The maximum atomic E-state index is 5.57. The van der Waals surface area contributed by atoms with Gasteiger partial charge in [-0.1, -0.05) is 26.7 Å². The second-order valence-corrected chi connectivity index (χ2v) is 3.44. The van der Waals surface area contributed by atoms with Gasteiger partial charge in [-0.05, 0) is 18.8 Å². The Balaban J connectivity index is 2.06. The van der Waals surface area contributed by atoms with Crippen LogP contribution < -0.4 is 0 Å². The zero-order chi connectivity index (χ0) is 7.40. The molecule has 0 saturated carbocycles. The Morgan fingerprint density at radius 3 is 2.80 bits per heavy atom. The second-order valence-electron chi connectivity index (χ2n) is 3.44. The molecule has 0 aromatic heterocycles. The molecule has 0 aliphatic carbocycles. The van der Waals surface area contributed by atoms with Crippen LogP contribution in [0.4, 0.5) is 0 Å². The number of unbranched alkanes of at least 4 members (excludes halogenated alkanes) is 1. The normalized spacial score (nSPS) is 33.0. The molecule has 1 nitrogen and oxygen atoms in total. The van der Waals surface area contributed by atoms with Crippen LogP contribution in [0.3, 0.4) is 0 Å². The lowest BCUT2D eigenvalue weighted by Gasteiger charge is -2.06. The van der Waals surface area contributed by atoms with Gasteiger partial charge in [-0.15, -0.1) is 0 Å². The van der Waals surface area contributed by atoms with Gasteiger partial charge in [0.25, 0.3) is 0 Å². The van der Waals surface area contributed by atoms with E-state index < -0.39 is 0 Å². The molecule has 0 aromatic rings. The van der Waals surface area contributed by atoms with Gasteiger partial charge in [0, 0.05) is 6.61 Å². The Morgan fingerprint density at radius 2 is 2.30 bits per heavy atom. The summed E-state index contributed by atoms with van der Waals surface area (Å²) in [6, 6.07) is 0. The summed E-state index contributed by atoms with van der Waals surface area (Å²) in [6.07, 6.45) is 5.79. The second kappa shape index (κ2) is 3.97. The van der Waals surface area contributed by atoms with Crippen molar-refractivity contribution in [3.63, 3.8) is 0 Å². The topological polar surface area (TPSA) is 9.23 Å². The molecule has 1 rings (SSSR count). The lowest BCUT2D eigenvalue weighted by molar-refractivity contribution is 0.0990. The largest absolute Gasteiger partial charge is 0.378 e. The Labute approximate surface area is 63.8 Å². The Kier molecular flexibility index (Phi) is 3.20. The molecule has 1 aliphatic heterocycles. The Bertz CT molecular complexity index is 90.7. The molecule has 0 N–H and O–H groups in total. The minimum atomic E-state index is 0.593. The SMILES string of the molecule is CCCC[C@@H]1C[C@@H](C)CO1. The maximum Gasteiger partial charge on any atom is 0.0578 e. The van der Waals surface area contributed by atoms with Crippen LogP contribution in [0.5, 0.6) is 0 Å². The summed E-state index contributed by atoms with van der Waals surface area (Å²) >= 11 is 0. The first kappa shape index (κ1) is 8.06. The fraction of sp³-hybridized carbons (Fsp3) is 1.00. The summed E-state index contributed by atoms with van der Waals surface area (Å²) in [5.41, 5.74) is 0. The van der Waals surface area contributed by atoms with Crippen molar-refractivity contribution in [3.05, 3.63) is 0 Å². The third-order valence-electron chi connectivity index (χ3n) is 2.16. The molecule has 1 fully saturated rings. The first-order chi connectivity index (χ1) is 4.83. The number of hydrogen-bond acceptors (Lipinski definition) is 1. The first-order valence-corrected chi connectivity index (χ1v) is 4.44. The highest BCUT2D eigenvalue weighted by Crippen LogP contribution is 2.22. The molecule has 1 heterocycles. The molecule has 1 saturated heterocycles. The quantitative estimate of drug-likeness (QED) is 0.588. The lowest BCUT2D eigenvalue weighted by atomic mass is 10.0. The van der Waals surface area contributed by atoms with Crippen molar-refractivity contribution in [2.75, 3.05) is 6.61 Å². The molecule has 0 unspecified atom stereocenters. The van der Waals surface area contributed by atoms with Gasteiger partial charge in [0.05, 0.1) is 6.10 Å². The van der Waals surface area contributed by atoms with E-state index in [0.717, 1.165) is 12.5 Å². The van der Waals surface area contributed by atoms with Crippen LogP contribution in [0.2, 0.25) is 0 Å². The van der Waals surface area contributed by atoms with Gasteiger partial charge in [-0.2, -0.15) is 0 Å². The van der Waals surface area contributed by atoms with Crippen LogP contribution in [-0.2, 0) is 4.74 Å². The molecular weight excluding hydrogens is 124 g/mol. The molecule has 0 radical (unpaired) electrons. The van der Waals surface area contributed by atoms with Crippen molar-refractivity contribution in [3.8, 4) is 0 Å². The van der Waals surface area contributed by atoms with Crippen LogP contribution in [0, 0.1) is 5.92 Å². The fourth-order valence-electron chi connectivity index (χ4n) is 1.52. The van der Waals surface area contributed by atoms with Gasteiger partial charge in [-0.25, -0.2) is 0 Å². The first-order valence-electron chi connectivity index (χ1n) is 4.44. The predicted molar refractivity (Wildman–Crippen MR) is 43.0 cm³/mol. The van der Waals surface area contributed by atoms with E-state index in [1.165, 1.54) is 25.7 Å². The van der Waals surface area contributed by atoms with E-state index in [-0.39, 0.29) is 0 Å². The molecule has 0 amide bonds. The number of rotatable bonds is 3. The molecule has 1 heteroatoms. The van der Waals surface area contributed by atoms with E-state index in [2.05, 4.69) is 13.8 Å². The van der Waals surface area contributed by atoms with Gasteiger partial charge in [0.15, 0.2) is 0 Å². The van der Waals surface area contributed by atoms with Crippen LogP contribution in [0.25, 0.3) is 0 Å². The molecule has 1 aliphatic rings. The Morgan fingerprint density at radius 1 is 1.50 bits per heavy atom. The minimum absolute atomic E-state index is 0.593. The van der Waals surface area contributed by atoms with E-state index in [9.17, 15) is 0 Å². The van der Waals surface area contributed by atoms with E-state index in [4.69, 9.17) is 4.74 Å². The molecule has 0 bridgehead atoms. The van der Waals surface area contributed by atoms with Crippen LogP contribution >= 0.6 is 0 Å². The lowest BCUT2D eigenvalue weighted by Crippen LogP contribution is -2.03. The highest BCUT2D eigenvalue weighted by molar-refractivity contribution is 4.69. The fourth-order valence-corrected chi connectivity index (χ4v) is 1.52.